The van der Waals surface area contributed by atoms with E-state index in [1.807, 2.05) is 12.1 Å². The predicted octanol–water partition coefficient (Wildman–Crippen LogP) is 1.12. The fraction of sp³-hybridized carbons (Fsp3) is 0.250. The molecule has 0 aromatic carbocycles. The van der Waals surface area contributed by atoms with Crippen LogP contribution in [0.3, 0.4) is 0 Å². The van der Waals surface area contributed by atoms with Gasteiger partial charge in [0.2, 0.25) is 0 Å². The molecule has 1 aliphatic heterocycles. The minimum absolute atomic E-state index is 0.407. The molecule has 0 bridgehead atoms. The second-order valence-corrected chi connectivity index (χ2v) is 2.05. The molecule has 0 amide bonds. The molecule has 0 fully saturated rings. The molecule has 0 saturated heterocycles. The van der Waals surface area contributed by atoms with Crippen molar-refractivity contribution in [1.82, 2.24) is 0 Å². The second-order valence-electron chi connectivity index (χ2n) is 2.05. The van der Waals surface area contributed by atoms with E-state index in [4.69, 9.17) is 15.3 Å². The van der Waals surface area contributed by atoms with Crippen LogP contribution in [0.5, 0.6) is 0 Å². The molecule has 0 spiro atoms. The molecular weight excluding hydrogens is 140 g/mol. The highest BCUT2D eigenvalue weighted by molar-refractivity contribution is 5.16. The summed E-state index contributed by atoms with van der Waals surface area (Å²) < 4.78 is 5.01. The van der Waals surface area contributed by atoms with Gasteiger partial charge in [-0.3, -0.25) is 0 Å². The summed E-state index contributed by atoms with van der Waals surface area (Å²) in [5, 5.41) is 16.9. The van der Waals surface area contributed by atoms with E-state index in [1.54, 1.807) is 18.2 Å². The first kappa shape index (κ1) is 7.37. The Balaban J connectivity index is 2.64. The fourth-order valence-electron chi connectivity index (χ4n) is 0.766. The average Bonchev–Trinajstić information content (AvgIpc) is 2.09. The molecule has 0 N–H and O–H groups in total. The third-order valence-electron chi connectivity index (χ3n) is 1.33. The minimum atomic E-state index is -0.712. The van der Waals surface area contributed by atoms with Gasteiger partial charge in [-0.1, -0.05) is 6.08 Å². The summed E-state index contributed by atoms with van der Waals surface area (Å²) in [7, 11) is 0. The molecule has 1 aliphatic rings. The highest BCUT2D eigenvalue weighted by Crippen LogP contribution is 2.11. The summed E-state index contributed by atoms with van der Waals surface area (Å²) in [6.45, 7) is 0. The monoisotopic (exact) mass is 146 g/mol. The third-order valence-corrected chi connectivity index (χ3v) is 1.33. The second kappa shape index (κ2) is 3.43. The van der Waals surface area contributed by atoms with Crippen molar-refractivity contribution in [3.05, 3.63) is 24.5 Å². The van der Waals surface area contributed by atoms with E-state index in [1.165, 1.54) is 6.26 Å². The van der Waals surface area contributed by atoms with Crippen LogP contribution in [0.15, 0.2) is 24.5 Å². The summed E-state index contributed by atoms with van der Waals surface area (Å²) in [6, 6.07) is 3.70. The molecule has 0 aromatic heterocycles. The van der Waals surface area contributed by atoms with Crippen LogP contribution in [-0.2, 0) is 4.74 Å². The highest BCUT2D eigenvalue weighted by Gasteiger charge is 2.19. The lowest BCUT2D eigenvalue weighted by molar-refractivity contribution is 0.165. The van der Waals surface area contributed by atoms with Gasteiger partial charge in [0.05, 0.1) is 18.4 Å². The molecule has 3 nitrogen and oxygen atoms in total. The Morgan fingerprint density at radius 2 is 2.00 bits per heavy atom. The van der Waals surface area contributed by atoms with E-state index < -0.39 is 12.0 Å². The van der Waals surface area contributed by atoms with E-state index in [2.05, 4.69) is 0 Å². The largest absolute Gasteiger partial charge is 0.491 e. The Bertz CT molecular complexity index is 253. The van der Waals surface area contributed by atoms with Crippen LogP contribution in [0.2, 0.25) is 0 Å². The molecule has 3 heteroatoms. The number of nitriles is 2. The smallest absolute Gasteiger partial charge is 0.173 e. The maximum absolute atomic E-state index is 8.47. The van der Waals surface area contributed by atoms with E-state index >= 15 is 0 Å². The van der Waals surface area contributed by atoms with Gasteiger partial charge >= 0.3 is 0 Å². The van der Waals surface area contributed by atoms with Crippen LogP contribution in [0, 0.1) is 28.6 Å². The topological polar surface area (TPSA) is 56.8 Å². The van der Waals surface area contributed by atoms with Gasteiger partial charge in [-0.2, -0.15) is 10.5 Å². The summed E-state index contributed by atoms with van der Waals surface area (Å²) in [6.07, 6.45) is 6.23. The summed E-state index contributed by atoms with van der Waals surface area (Å²) in [5.41, 5.74) is 0. The number of allylic oxidation sites excluding steroid dienone is 2. The number of ether oxygens (including phenoxy) is 1. The van der Waals surface area contributed by atoms with Gasteiger partial charge < -0.3 is 4.74 Å². The Morgan fingerprint density at radius 1 is 1.27 bits per heavy atom. The fourth-order valence-corrected chi connectivity index (χ4v) is 0.766. The third kappa shape index (κ3) is 1.59. The van der Waals surface area contributed by atoms with Gasteiger partial charge in [0, 0.05) is 0 Å². The molecule has 1 atom stereocenters. The van der Waals surface area contributed by atoms with E-state index in [-0.39, 0.29) is 0 Å². The van der Waals surface area contributed by atoms with Crippen molar-refractivity contribution in [2.45, 2.75) is 6.10 Å². The lowest BCUT2D eigenvalue weighted by atomic mass is 10.1. The zero-order valence-electron chi connectivity index (χ0n) is 5.77. The first-order chi connectivity index (χ1) is 5.38. The van der Waals surface area contributed by atoms with Crippen molar-refractivity contribution >= 4 is 0 Å². The van der Waals surface area contributed by atoms with Crippen molar-refractivity contribution in [2.75, 3.05) is 0 Å². The Hall–Kier alpha value is -1.74. The lowest BCUT2D eigenvalue weighted by Gasteiger charge is -2.14. The SMILES string of the molecule is N#CC(C#N)C1C=CC=CO1. The van der Waals surface area contributed by atoms with Crippen molar-refractivity contribution in [3.8, 4) is 12.1 Å². The van der Waals surface area contributed by atoms with Gasteiger partial charge in [-0.25, -0.2) is 0 Å². The maximum Gasteiger partial charge on any atom is 0.173 e. The molecule has 1 unspecified atom stereocenters. The molecule has 11 heavy (non-hydrogen) atoms. The molecule has 0 aliphatic carbocycles. The lowest BCUT2D eigenvalue weighted by Crippen LogP contribution is -2.18. The zero-order chi connectivity index (χ0) is 8.10. The first-order valence-corrected chi connectivity index (χ1v) is 3.16. The van der Waals surface area contributed by atoms with Crippen molar-refractivity contribution in [1.29, 1.82) is 10.5 Å². The molecule has 0 radical (unpaired) electrons. The van der Waals surface area contributed by atoms with Gasteiger partial charge in [0.1, 0.15) is 6.10 Å². The van der Waals surface area contributed by atoms with Gasteiger partial charge in [0.15, 0.2) is 5.92 Å². The Morgan fingerprint density at radius 3 is 2.45 bits per heavy atom. The van der Waals surface area contributed by atoms with E-state index in [0.717, 1.165) is 0 Å². The molecular formula is C8H6N2O. The molecule has 1 heterocycles. The zero-order valence-corrected chi connectivity index (χ0v) is 5.77. The van der Waals surface area contributed by atoms with Crippen molar-refractivity contribution in [3.63, 3.8) is 0 Å². The van der Waals surface area contributed by atoms with Crippen LogP contribution in [0.25, 0.3) is 0 Å². The van der Waals surface area contributed by atoms with Crippen LogP contribution in [0.1, 0.15) is 0 Å². The summed E-state index contributed by atoms with van der Waals surface area (Å²) >= 11 is 0. The molecule has 54 valence electrons. The van der Waals surface area contributed by atoms with Crippen molar-refractivity contribution < 1.29 is 4.74 Å². The Kier molecular flexibility index (Phi) is 2.30. The summed E-state index contributed by atoms with van der Waals surface area (Å²) in [5.74, 6) is -0.712. The number of nitrogens with zero attached hydrogens (tertiary/aromatic N) is 2. The van der Waals surface area contributed by atoms with Crippen molar-refractivity contribution in [2.24, 2.45) is 5.92 Å². The van der Waals surface area contributed by atoms with Crippen LogP contribution >= 0.6 is 0 Å². The maximum atomic E-state index is 8.47. The highest BCUT2D eigenvalue weighted by atomic mass is 16.5. The summed E-state index contributed by atoms with van der Waals surface area (Å²) in [4.78, 5) is 0. The quantitative estimate of drug-likeness (QED) is 0.557. The average molecular weight is 146 g/mol. The number of hydrogen-bond acceptors (Lipinski definition) is 3. The minimum Gasteiger partial charge on any atom is -0.491 e. The number of rotatable bonds is 1. The molecule has 1 rings (SSSR count). The van der Waals surface area contributed by atoms with Crippen LogP contribution in [0.4, 0.5) is 0 Å². The van der Waals surface area contributed by atoms with Gasteiger partial charge in [0.25, 0.3) is 0 Å². The van der Waals surface area contributed by atoms with Crippen LogP contribution < -0.4 is 0 Å². The molecule has 0 aromatic rings. The normalized spacial score (nSPS) is 20.5. The standard InChI is InChI=1S/C8H6N2O/c9-5-7(6-10)8-3-1-2-4-11-8/h1-4,7-8H. The first-order valence-electron chi connectivity index (χ1n) is 3.16. The number of hydrogen-bond donors (Lipinski definition) is 0. The van der Waals surface area contributed by atoms with Crippen LogP contribution in [-0.4, -0.2) is 6.10 Å². The van der Waals surface area contributed by atoms with E-state index in [0.29, 0.717) is 0 Å². The van der Waals surface area contributed by atoms with Gasteiger partial charge in [-0.15, -0.1) is 0 Å². The Labute approximate surface area is 64.8 Å². The van der Waals surface area contributed by atoms with E-state index in [9.17, 15) is 0 Å². The molecule has 0 saturated carbocycles. The van der Waals surface area contributed by atoms with Gasteiger partial charge in [-0.05, 0) is 12.2 Å². The predicted molar refractivity (Wildman–Crippen MR) is 37.9 cm³/mol.